The van der Waals surface area contributed by atoms with Gasteiger partial charge in [-0.25, -0.2) is 0 Å². The maximum atomic E-state index is 7.78. The van der Waals surface area contributed by atoms with Crippen LogP contribution in [0.3, 0.4) is 0 Å². The Kier molecular flexibility index (Phi) is 8.46. The number of hydrogen-bond acceptors (Lipinski definition) is 4. The molecule has 4 saturated carbocycles. The summed E-state index contributed by atoms with van der Waals surface area (Å²) in [5, 5.41) is 2.42. The Balaban J connectivity index is 1.29. The topological polar surface area (TPSA) is 36.9 Å². The molecular weight excluding hydrogens is 701 g/mol. The van der Waals surface area contributed by atoms with Gasteiger partial charge in [0.25, 0.3) is 0 Å². The first-order chi connectivity index (χ1) is 27.4. The highest BCUT2D eigenvalue weighted by atomic mass is 16.5. The fraction of sp³-hybridized carbons (Fsp3) is 0.434. The summed E-state index contributed by atoms with van der Waals surface area (Å²) in [4.78, 5) is 0. The van der Waals surface area contributed by atoms with Crippen molar-refractivity contribution < 1.29 is 18.9 Å². The molecule has 5 aromatic carbocycles. The summed E-state index contributed by atoms with van der Waals surface area (Å²) in [6, 6.07) is 31.0. The summed E-state index contributed by atoms with van der Waals surface area (Å²) in [6.07, 6.45) is 15.9. The van der Waals surface area contributed by atoms with Crippen LogP contribution in [0.1, 0.15) is 106 Å². The van der Waals surface area contributed by atoms with Crippen molar-refractivity contribution in [3.63, 3.8) is 0 Å². The zero-order valence-corrected chi connectivity index (χ0v) is 35.0. The van der Waals surface area contributed by atoms with Crippen molar-refractivity contribution in [2.45, 2.75) is 96.5 Å². The summed E-state index contributed by atoms with van der Waals surface area (Å²) in [5.41, 5.74) is 9.70. The average molecular weight is 759 g/mol. The monoisotopic (exact) mass is 758 g/mol. The van der Waals surface area contributed by atoms with Gasteiger partial charge in [-0.05, 0) is 162 Å². The van der Waals surface area contributed by atoms with E-state index >= 15 is 0 Å². The Hall–Kier alpha value is -4.70. The highest BCUT2D eigenvalue weighted by Crippen LogP contribution is 2.63. The van der Waals surface area contributed by atoms with Crippen LogP contribution in [-0.4, -0.2) is 21.3 Å². The van der Waals surface area contributed by atoms with E-state index in [9.17, 15) is 0 Å². The molecule has 0 unspecified atom stereocenters. The average Bonchev–Trinajstić information content (AvgIpc) is 3.23. The Labute approximate surface area is 339 Å². The molecule has 4 bridgehead atoms. The second-order valence-corrected chi connectivity index (χ2v) is 20.0. The molecule has 1 aliphatic heterocycles. The molecule has 0 aromatic heterocycles. The number of hydrogen-bond donors (Lipinski definition) is 0. The van der Waals surface area contributed by atoms with Crippen LogP contribution in [0.4, 0.5) is 0 Å². The molecule has 0 radical (unpaired) electrons. The Morgan fingerprint density at radius 1 is 0.632 bits per heavy atom. The zero-order valence-electron chi connectivity index (χ0n) is 35.0. The molecule has 0 amide bonds. The summed E-state index contributed by atoms with van der Waals surface area (Å²) < 4.78 is 25.6. The van der Waals surface area contributed by atoms with Crippen LogP contribution in [0.25, 0.3) is 28.0 Å². The van der Waals surface area contributed by atoms with Crippen molar-refractivity contribution in [3.05, 3.63) is 124 Å². The molecule has 0 spiro atoms. The number of fused-ring (bicyclic) bond motifs is 8. The first-order valence-corrected chi connectivity index (χ1v) is 21.4. The normalized spacial score (nSPS) is 25.9. The third-order valence-corrected chi connectivity index (χ3v) is 14.7. The minimum atomic E-state index is -0.896. The highest BCUT2D eigenvalue weighted by Gasteiger charge is 2.53. The van der Waals surface area contributed by atoms with Crippen LogP contribution in [0, 0.1) is 28.6 Å². The fourth-order valence-electron chi connectivity index (χ4n) is 13.2. The van der Waals surface area contributed by atoms with Crippen molar-refractivity contribution in [2.75, 3.05) is 21.3 Å². The van der Waals surface area contributed by atoms with Crippen molar-refractivity contribution in [1.29, 1.82) is 0 Å². The van der Waals surface area contributed by atoms with E-state index in [2.05, 4.69) is 101 Å². The first kappa shape index (κ1) is 36.6. The van der Waals surface area contributed by atoms with E-state index in [1.54, 1.807) is 14.2 Å². The predicted octanol–water partition coefficient (Wildman–Crippen LogP) is 12.9. The van der Waals surface area contributed by atoms with E-state index in [1.807, 2.05) is 31.4 Å². The van der Waals surface area contributed by atoms with Crippen LogP contribution in [0.15, 0.2) is 91.0 Å². The van der Waals surface area contributed by atoms with Gasteiger partial charge in [0.15, 0.2) is 5.60 Å². The van der Waals surface area contributed by atoms with E-state index in [0.29, 0.717) is 0 Å². The molecule has 0 N–H and O–H groups in total. The number of rotatable bonds is 6. The van der Waals surface area contributed by atoms with E-state index < -0.39 is 5.60 Å². The van der Waals surface area contributed by atoms with Crippen molar-refractivity contribution in [1.82, 2.24) is 0 Å². The van der Waals surface area contributed by atoms with Crippen molar-refractivity contribution in [2.24, 2.45) is 28.6 Å². The smallest absolute Gasteiger partial charge is 0.178 e. The molecule has 6 aliphatic rings. The lowest BCUT2D eigenvalue weighted by molar-refractivity contribution is -0.00609. The van der Waals surface area contributed by atoms with Crippen molar-refractivity contribution in [3.8, 4) is 34.1 Å². The van der Waals surface area contributed by atoms with Crippen LogP contribution in [-0.2, 0) is 23.9 Å². The third-order valence-electron chi connectivity index (χ3n) is 14.7. The third kappa shape index (κ3) is 5.99. The molecule has 1 heterocycles. The summed E-state index contributed by atoms with van der Waals surface area (Å²) >= 11 is 0. The maximum absolute atomic E-state index is 7.78. The molecule has 5 aromatic rings. The lowest BCUT2D eigenvalue weighted by Gasteiger charge is -2.57. The molecule has 4 nitrogen and oxygen atoms in total. The second kappa shape index (κ2) is 13.2. The van der Waals surface area contributed by atoms with Gasteiger partial charge in [-0.3, -0.25) is 0 Å². The summed E-state index contributed by atoms with van der Waals surface area (Å²) in [5.74, 6) is 6.07. The standard InChI is InChI=1S/C53H58O4/c1-50(2)30-36-10-8-9-11-41(36)48-43-25-46(52-27-33-22-34(28-52)24-35(23-33)29-52)47(56-7)26-44(43)49-42(45(48)31-51(3,4)32-50)20-21-53(57-49,37-12-16-39(54-5)17-13-37)38-14-18-40(55-6)19-15-38/h8-21,25-26,33-35H,22-24,27-32H2,1-7H3. The van der Waals surface area contributed by atoms with E-state index in [-0.39, 0.29) is 16.2 Å². The van der Waals surface area contributed by atoms with Crippen LogP contribution in [0.5, 0.6) is 23.0 Å². The minimum Gasteiger partial charge on any atom is -0.497 e. The van der Waals surface area contributed by atoms with Gasteiger partial charge in [-0.15, -0.1) is 0 Å². The highest BCUT2D eigenvalue weighted by molar-refractivity contribution is 6.07. The molecular formula is C53H58O4. The van der Waals surface area contributed by atoms with Gasteiger partial charge < -0.3 is 18.9 Å². The van der Waals surface area contributed by atoms with E-state index in [1.165, 1.54) is 77.3 Å². The van der Waals surface area contributed by atoms with Gasteiger partial charge in [-0.1, -0.05) is 82.3 Å². The largest absolute Gasteiger partial charge is 0.497 e. The summed E-state index contributed by atoms with van der Waals surface area (Å²) in [7, 11) is 5.32. The molecule has 0 atom stereocenters. The molecule has 4 heteroatoms. The SMILES string of the molecule is COc1ccc(C2(c3ccc(OC)cc3)C=Cc3c4c(c5cc(C67CC8CC(CC(C8)C6)C7)c(OC)cc5c3O2)-c2ccccc2CC(C)(C)CC(C)(C)C4)cc1. The van der Waals surface area contributed by atoms with Gasteiger partial charge in [0.2, 0.25) is 0 Å². The molecule has 294 valence electrons. The van der Waals surface area contributed by atoms with Gasteiger partial charge in [-0.2, -0.15) is 0 Å². The number of ether oxygens (including phenoxy) is 4. The van der Waals surface area contributed by atoms with Crippen LogP contribution < -0.4 is 18.9 Å². The Bertz CT molecular complexity index is 2310. The maximum Gasteiger partial charge on any atom is 0.178 e. The second-order valence-electron chi connectivity index (χ2n) is 20.0. The van der Waals surface area contributed by atoms with Gasteiger partial charge in [0.05, 0.1) is 21.3 Å². The lowest BCUT2D eigenvalue weighted by Crippen LogP contribution is -2.48. The Morgan fingerprint density at radius 3 is 1.79 bits per heavy atom. The predicted molar refractivity (Wildman–Crippen MR) is 232 cm³/mol. The first-order valence-electron chi connectivity index (χ1n) is 21.4. The number of methoxy groups -OCH3 is 3. The fourth-order valence-corrected chi connectivity index (χ4v) is 13.2. The van der Waals surface area contributed by atoms with Crippen LogP contribution in [0.2, 0.25) is 0 Å². The zero-order chi connectivity index (χ0) is 39.3. The molecule has 0 saturated heterocycles. The van der Waals surface area contributed by atoms with Gasteiger partial charge in [0.1, 0.15) is 23.0 Å². The Morgan fingerprint density at radius 2 is 1.21 bits per heavy atom. The van der Waals surface area contributed by atoms with Crippen molar-refractivity contribution >= 4 is 16.8 Å². The molecule has 5 aliphatic carbocycles. The quantitative estimate of drug-likeness (QED) is 0.173. The van der Waals surface area contributed by atoms with Gasteiger partial charge in [0, 0.05) is 27.6 Å². The van der Waals surface area contributed by atoms with E-state index in [0.717, 1.165) is 76.5 Å². The van der Waals surface area contributed by atoms with E-state index in [4.69, 9.17) is 18.9 Å². The summed E-state index contributed by atoms with van der Waals surface area (Å²) in [6.45, 7) is 9.89. The molecule has 11 rings (SSSR count). The van der Waals surface area contributed by atoms with Gasteiger partial charge >= 0.3 is 0 Å². The van der Waals surface area contributed by atoms with Crippen LogP contribution >= 0.6 is 0 Å². The molecule has 4 fully saturated rings. The number of benzene rings is 5. The lowest BCUT2D eigenvalue weighted by atomic mass is 9.48. The minimum absolute atomic E-state index is 0.0469. The molecule has 57 heavy (non-hydrogen) atoms.